The van der Waals surface area contributed by atoms with Gasteiger partial charge in [-0.15, -0.1) is 0 Å². The fraction of sp³-hybridized carbons (Fsp3) is 0.462. The van der Waals surface area contributed by atoms with Crippen molar-refractivity contribution in [1.82, 2.24) is 5.32 Å². The van der Waals surface area contributed by atoms with E-state index in [9.17, 15) is 4.79 Å². The highest BCUT2D eigenvalue weighted by Crippen LogP contribution is 2.26. The first-order chi connectivity index (χ1) is 7.71. The molecule has 0 aliphatic carbocycles. The first kappa shape index (κ1) is 11.1. The van der Waals surface area contributed by atoms with Gasteiger partial charge in [-0.1, -0.05) is 30.3 Å². The Kier molecular flexibility index (Phi) is 3.25. The largest absolute Gasteiger partial charge is 0.460 e. The van der Waals surface area contributed by atoms with E-state index in [0.29, 0.717) is 6.61 Å². The Hall–Kier alpha value is -1.35. The van der Waals surface area contributed by atoms with Gasteiger partial charge in [0.15, 0.2) is 0 Å². The van der Waals surface area contributed by atoms with Crippen molar-refractivity contribution in [2.45, 2.75) is 20.0 Å². The van der Waals surface area contributed by atoms with Crippen molar-refractivity contribution < 1.29 is 9.53 Å². The molecule has 1 N–H and O–H groups in total. The number of carbonyl (C=O) groups is 1. The van der Waals surface area contributed by atoms with Gasteiger partial charge < -0.3 is 10.1 Å². The van der Waals surface area contributed by atoms with Gasteiger partial charge in [0.2, 0.25) is 0 Å². The van der Waals surface area contributed by atoms with Gasteiger partial charge in [-0.05, 0) is 25.5 Å². The van der Waals surface area contributed by atoms with Gasteiger partial charge in [-0.25, -0.2) is 0 Å². The number of nitrogens with one attached hydrogen (secondary N) is 1. The van der Waals surface area contributed by atoms with E-state index in [4.69, 9.17) is 4.74 Å². The Morgan fingerprint density at radius 2 is 2.19 bits per heavy atom. The molecule has 0 spiro atoms. The minimum absolute atomic E-state index is 0.0960. The topological polar surface area (TPSA) is 38.3 Å². The van der Waals surface area contributed by atoms with Crippen LogP contribution in [-0.2, 0) is 16.1 Å². The average molecular weight is 219 g/mol. The third kappa shape index (κ3) is 2.42. The highest BCUT2D eigenvalue weighted by Gasteiger charge is 2.37. The molecule has 1 aromatic carbocycles. The quantitative estimate of drug-likeness (QED) is 0.787. The molecule has 0 saturated carbocycles. The molecule has 0 bridgehead atoms. The molecule has 86 valence electrons. The lowest BCUT2D eigenvalue weighted by Gasteiger charge is -2.20. The van der Waals surface area contributed by atoms with Gasteiger partial charge in [-0.2, -0.15) is 0 Å². The number of hydrogen-bond acceptors (Lipinski definition) is 3. The number of rotatable bonds is 3. The number of esters is 1. The zero-order chi connectivity index (χ0) is 11.4. The van der Waals surface area contributed by atoms with Gasteiger partial charge in [0.05, 0.1) is 5.41 Å². The molecule has 3 heteroatoms. The maximum absolute atomic E-state index is 11.9. The number of carbonyl (C=O) groups excluding carboxylic acids is 1. The van der Waals surface area contributed by atoms with Crippen LogP contribution in [0.2, 0.25) is 0 Å². The van der Waals surface area contributed by atoms with Crippen LogP contribution in [0.15, 0.2) is 30.3 Å². The number of hydrogen-bond donors (Lipinski definition) is 1. The Balaban J connectivity index is 1.89. The first-order valence-corrected chi connectivity index (χ1v) is 5.63. The third-order valence-electron chi connectivity index (χ3n) is 3.07. The molecule has 1 fully saturated rings. The lowest BCUT2D eigenvalue weighted by molar-refractivity contribution is -0.155. The van der Waals surface area contributed by atoms with Crippen LogP contribution in [-0.4, -0.2) is 19.1 Å². The van der Waals surface area contributed by atoms with E-state index in [1.165, 1.54) is 0 Å². The number of benzene rings is 1. The molecular weight excluding hydrogens is 202 g/mol. The zero-order valence-electron chi connectivity index (χ0n) is 9.53. The highest BCUT2D eigenvalue weighted by atomic mass is 16.5. The van der Waals surface area contributed by atoms with Crippen LogP contribution in [0.25, 0.3) is 0 Å². The molecule has 2 rings (SSSR count). The minimum Gasteiger partial charge on any atom is -0.460 e. The summed E-state index contributed by atoms with van der Waals surface area (Å²) in [4.78, 5) is 11.9. The fourth-order valence-electron chi connectivity index (χ4n) is 1.89. The van der Waals surface area contributed by atoms with Crippen LogP contribution in [0.1, 0.15) is 18.9 Å². The molecule has 1 unspecified atom stereocenters. The second-order valence-electron chi connectivity index (χ2n) is 4.55. The molecule has 16 heavy (non-hydrogen) atoms. The monoisotopic (exact) mass is 219 g/mol. The lowest BCUT2D eigenvalue weighted by atomic mass is 9.90. The Bertz CT molecular complexity index is 355. The van der Waals surface area contributed by atoms with Crippen LogP contribution in [0.3, 0.4) is 0 Å². The van der Waals surface area contributed by atoms with Crippen molar-refractivity contribution >= 4 is 5.97 Å². The smallest absolute Gasteiger partial charge is 0.313 e. The molecule has 1 aromatic rings. The van der Waals surface area contributed by atoms with Crippen molar-refractivity contribution in [1.29, 1.82) is 0 Å². The molecule has 3 nitrogen and oxygen atoms in total. The van der Waals surface area contributed by atoms with E-state index in [1.807, 2.05) is 37.3 Å². The first-order valence-electron chi connectivity index (χ1n) is 5.63. The van der Waals surface area contributed by atoms with Gasteiger partial charge in [-0.3, -0.25) is 4.79 Å². The lowest BCUT2D eigenvalue weighted by Crippen LogP contribution is -2.31. The number of ether oxygens (including phenoxy) is 1. The summed E-state index contributed by atoms with van der Waals surface area (Å²) in [5.74, 6) is -0.0960. The highest BCUT2D eigenvalue weighted by molar-refractivity contribution is 5.77. The molecule has 1 atom stereocenters. The van der Waals surface area contributed by atoms with Gasteiger partial charge >= 0.3 is 5.97 Å². The second kappa shape index (κ2) is 4.66. The summed E-state index contributed by atoms with van der Waals surface area (Å²) < 4.78 is 5.34. The summed E-state index contributed by atoms with van der Waals surface area (Å²) in [5.41, 5.74) is 0.694. The zero-order valence-corrected chi connectivity index (χ0v) is 9.53. The van der Waals surface area contributed by atoms with Gasteiger partial charge in [0.25, 0.3) is 0 Å². The Morgan fingerprint density at radius 1 is 1.44 bits per heavy atom. The molecule has 0 aromatic heterocycles. The Labute approximate surface area is 95.8 Å². The summed E-state index contributed by atoms with van der Waals surface area (Å²) in [5, 5.41) is 3.19. The summed E-state index contributed by atoms with van der Waals surface area (Å²) in [6, 6.07) is 9.77. The maximum Gasteiger partial charge on any atom is 0.313 e. The van der Waals surface area contributed by atoms with Crippen molar-refractivity contribution in [2.24, 2.45) is 5.41 Å². The SMILES string of the molecule is CC1(C(=O)OCc2ccccc2)CCNC1. The summed E-state index contributed by atoms with van der Waals surface area (Å²) >= 11 is 0. The molecule has 1 heterocycles. The van der Waals surface area contributed by atoms with E-state index < -0.39 is 0 Å². The summed E-state index contributed by atoms with van der Waals surface area (Å²) in [7, 11) is 0. The van der Waals surface area contributed by atoms with Crippen LogP contribution in [0, 0.1) is 5.41 Å². The predicted octanol–water partition coefficient (Wildman–Crippen LogP) is 1.73. The standard InChI is InChI=1S/C13H17NO2/c1-13(7-8-14-10-13)12(15)16-9-11-5-3-2-4-6-11/h2-6,14H,7-10H2,1H3. The third-order valence-corrected chi connectivity index (χ3v) is 3.07. The minimum atomic E-state index is -0.339. The van der Waals surface area contributed by atoms with Gasteiger partial charge in [0.1, 0.15) is 6.61 Å². The van der Waals surface area contributed by atoms with Crippen molar-refractivity contribution in [3.63, 3.8) is 0 Å². The predicted molar refractivity (Wildman–Crippen MR) is 61.8 cm³/mol. The maximum atomic E-state index is 11.9. The normalized spacial score (nSPS) is 24.3. The van der Waals surface area contributed by atoms with Crippen LogP contribution < -0.4 is 5.32 Å². The molecule has 0 radical (unpaired) electrons. The molecular formula is C13H17NO2. The fourth-order valence-corrected chi connectivity index (χ4v) is 1.89. The molecule has 0 amide bonds. The van der Waals surface area contributed by atoms with Crippen LogP contribution >= 0.6 is 0 Å². The van der Waals surface area contributed by atoms with E-state index in [2.05, 4.69) is 5.32 Å². The summed E-state index contributed by atoms with van der Waals surface area (Å²) in [6.07, 6.45) is 0.862. The Morgan fingerprint density at radius 3 is 2.81 bits per heavy atom. The molecule has 1 aliphatic rings. The van der Waals surface area contributed by atoms with E-state index >= 15 is 0 Å². The van der Waals surface area contributed by atoms with Crippen molar-refractivity contribution in [3.8, 4) is 0 Å². The molecule has 1 saturated heterocycles. The average Bonchev–Trinajstić information content (AvgIpc) is 2.76. The van der Waals surface area contributed by atoms with Crippen LogP contribution in [0.4, 0.5) is 0 Å². The second-order valence-corrected chi connectivity index (χ2v) is 4.55. The van der Waals surface area contributed by atoms with E-state index in [-0.39, 0.29) is 11.4 Å². The van der Waals surface area contributed by atoms with Crippen molar-refractivity contribution in [3.05, 3.63) is 35.9 Å². The van der Waals surface area contributed by atoms with E-state index in [0.717, 1.165) is 25.1 Å². The van der Waals surface area contributed by atoms with Crippen molar-refractivity contribution in [2.75, 3.05) is 13.1 Å². The van der Waals surface area contributed by atoms with Gasteiger partial charge in [0, 0.05) is 6.54 Å². The molecule has 1 aliphatic heterocycles. The summed E-state index contributed by atoms with van der Waals surface area (Å²) in [6.45, 7) is 3.95. The van der Waals surface area contributed by atoms with E-state index in [1.54, 1.807) is 0 Å². The van der Waals surface area contributed by atoms with Crippen LogP contribution in [0.5, 0.6) is 0 Å².